The average Bonchev–Trinajstić information content (AvgIpc) is 2.38. The molecule has 0 aliphatic rings. The smallest absolute Gasteiger partial charge is 0.115 e. The van der Waals surface area contributed by atoms with Gasteiger partial charge in [-0.2, -0.15) is 0 Å². The van der Waals surface area contributed by atoms with Crippen LogP contribution in [0.4, 0.5) is 0 Å². The Labute approximate surface area is 117 Å². The Hall–Kier alpha value is -1.06. The summed E-state index contributed by atoms with van der Waals surface area (Å²) in [6.07, 6.45) is 2.13. The number of benzene rings is 1. The van der Waals surface area contributed by atoms with E-state index in [0.717, 1.165) is 25.9 Å². The highest BCUT2D eigenvalue weighted by Crippen LogP contribution is 2.12. The van der Waals surface area contributed by atoms with Crippen LogP contribution < -0.4 is 11.1 Å². The molecule has 0 fully saturated rings. The van der Waals surface area contributed by atoms with Crippen molar-refractivity contribution in [1.82, 2.24) is 5.32 Å². The first-order chi connectivity index (χ1) is 9.02. The third-order valence-corrected chi connectivity index (χ3v) is 3.78. The quantitative estimate of drug-likeness (QED) is 0.676. The van der Waals surface area contributed by atoms with E-state index in [1.54, 1.807) is 12.1 Å². The lowest BCUT2D eigenvalue weighted by molar-refractivity contribution is 0.349. The van der Waals surface area contributed by atoms with Gasteiger partial charge in [-0.25, -0.2) is 0 Å². The van der Waals surface area contributed by atoms with Crippen molar-refractivity contribution in [2.45, 2.75) is 39.7 Å². The van der Waals surface area contributed by atoms with E-state index in [9.17, 15) is 5.11 Å². The fourth-order valence-corrected chi connectivity index (χ4v) is 2.09. The molecule has 0 heterocycles. The maximum atomic E-state index is 9.23. The molecule has 1 aromatic carbocycles. The lowest BCUT2D eigenvalue weighted by atomic mass is 9.95. The summed E-state index contributed by atoms with van der Waals surface area (Å²) in [5.74, 6) is 1.51. The highest BCUT2D eigenvalue weighted by molar-refractivity contribution is 5.25. The standard InChI is InChI=1S/C16H28N2O/c1-12(2)15(10-17)11-18-13(3)4-5-14-6-8-16(19)9-7-14/h6-9,12-13,15,18-19H,4-5,10-11,17H2,1-3H3. The van der Waals surface area contributed by atoms with E-state index >= 15 is 0 Å². The molecular weight excluding hydrogens is 236 g/mol. The largest absolute Gasteiger partial charge is 0.508 e. The highest BCUT2D eigenvalue weighted by atomic mass is 16.3. The molecule has 0 aliphatic heterocycles. The van der Waals surface area contributed by atoms with Crippen LogP contribution in [0.1, 0.15) is 32.8 Å². The predicted octanol–water partition coefficient (Wildman–Crippen LogP) is 2.53. The molecule has 0 amide bonds. The zero-order valence-electron chi connectivity index (χ0n) is 12.4. The van der Waals surface area contributed by atoms with Crippen LogP contribution in [-0.4, -0.2) is 24.2 Å². The minimum Gasteiger partial charge on any atom is -0.508 e. The van der Waals surface area contributed by atoms with E-state index < -0.39 is 0 Å². The Kier molecular flexibility index (Phi) is 6.89. The van der Waals surface area contributed by atoms with Crippen molar-refractivity contribution in [2.24, 2.45) is 17.6 Å². The zero-order valence-corrected chi connectivity index (χ0v) is 12.4. The molecule has 0 aromatic heterocycles. The molecule has 0 saturated heterocycles. The molecule has 0 spiro atoms. The first kappa shape index (κ1) is 16.0. The van der Waals surface area contributed by atoms with Gasteiger partial charge in [0.1, 0.15) is 5.75 Å². The lowest BCUT2D eigenvalue weighted by Gasteiger charge is -2.22. The molecule has 3 nitrogen and oxygen atoms in total. The molecule has 2 unspecified atom stereocenters. The molecule has 19 heavy (non-hydrogen) atoms. The average molecular weight is 264 g/mol. The molecule has 0 bridgehead atoms. The number of phenols is 1. The van der Waals surface area contributed by atoms with Gasteiger partial charge in [0.05, 0.1) is 0 Å². The molecule has 4 N–H and O–H groups in total. The van der Waals surface area contributed by atoms with Crippen molar-refractivity contribution in [3.8, 4) is 5.75 Å². The number of aryl methyl sites for hydroxylation is 1. The van der Waals surface area contributed by atoms with Gasteiger partial charge in [-0.05, 0) is 62.4 Å². The Bertz CT molecular complexity index is 348. The molecule has 2 atom stereocenters. The molecule has 1 aromatic rings. The Morgan fingerprint density at radius 1 is 1.16 bits per heavy atom. The molecule has 0 aliphatic carbocycles. The van der Waals surface area contributed by atoms with Crippen LogP contribution in [-0.2, 0) is 6.42 Å². The van der Waals surface area contributed by atoms with Gasteiger partial charge in [0, 0.05) is 6.04 Å². The van der Waals surface area contributed by atoms with Crippen LogP contribution in [0.2, 0.25) is 0 Å². The van der Waals surface area contributed by atoms with Crippen LogP contribution in [0, 0.1) is 11.8 Å². The van der Waals surface area contributed by atoms with Crippen molar-refractivity contribution in [3.63, 3.8) is 0 Å². The fraction of sp³-hybridized carbons (Fsp3) is 0.625. The number of nitrogens with one attached hydrogen (secondary N) is 1. The highest BCUT2D eigenvalue weighted by Gasteiger charge is 2.12. The van der Waals surface area contributed by atoms with E-state index in [2.05, 4.69) is 26.1 Å². The third kappa shape index (κ3) is 6.08. The summed E-state index contributed by atoms with van der Waals surface area (Å²) >= 11 is 0. The second-order valence-corrected chi connectivity index (χ2v) is 5.75. The van der Waals surface area contributed by atoms with Gasteiger partial charge < -0.3 is 16.2 Å². The number of hydrogen-bond acceptors (Lipinski definition) is 3. The summed E-state index contributed by atoms with van der Waals surface area (Å²) in [4.78, 5) is 0. The first-order valence-electron chi connectivity index (χ1n) is 7.24. The summed E-state index contributed by atoms with van der Waals surface area (Å²) in [7, 11) is 0. The maximum absolute atomic E-state index is 9.23. The second-order valence-electron chi connectivity index (χ2n) is 5.75. The minimum atomic E-state index is 0.331. The summed E-state index contributed by atoms with van der Waals surface area (Å²) in [5.41, 5.74) is 7.04. The van der Waals surface area contributed by atoms with Crippen molar-refractivity contribution < 1.29 is 5.11 Å². The van der Waals surface area contributed by atoms with Gasteiger partial charge in [-0.1, -0.05) is 26.0 Å². The van der Waals surface area contributed by atoms with Gasteiger partial charge in [0.25, 0.3) is 0 Å². The van der Waals surface area contributed by atoms with Gasteiger partial charge in [0.15, 0.2) is 0 Å². The molecule has 3 heteroatoms. The Morgan fingerprint density at radius 2 is 1.79 bits per heavy atom. The number of phenolic OH excluding ortho intramolecular Hbond substituents is 1. The van der Waals surface area contributed by atoms with E-state index in [1.165, 1.54) is 5.56 Å². The summed E-state index contributed by atoms with van der Waals surface area (Å²) in [6, 6.07) is 7.95. The van der Waals surface area contributed by atoms with Crippen molar-refractivity contribution >= 4 is 0 Å². The SMILES string of the molecule is CC(CCc1ccc(O)cc1)NCC(CN)C(C)C. The molecule has 0 radical (unpaired) electrons. The fourth-order valence-electron chi connectivity index (χ4n) is 2.09. The number of hydrogen-bond donors (Lipinski definition) is 3. The minimum absolute atomic E-state index is 0.331. The van der Waals surface area contributed by atoms with Gasteiger partial charge in [0.2, 0.25) is 0 Å². The van der Waals surface area contributed by atoms with E-state index in [0.29, 0.717) is 23.6 Å². The molecule has 0 saturated carbocycles. The Balaban J connectivity index is 2.27. The maximum Gasteiger partial charge on any atom is 0.115 e. The first-order valence-corrected chi connectivity index (χ1v) is 7.24. The molecule has 108 valence electrons. The number of rotatable bonds is 8. The zero-order chi connectivity index (χ0) is 14.3. The normalized spacial score (nSPS) is 14.6. The van der Waals surface area contributed by atoms with Crippen LogP contribution in [0.15, 0.2) is 24.3 Å². The van der Waals surface area contributed by atoms with Crippen molar-refractivity contribution in [3.05, 3.63) is 29.8 Å². The van der Waals surface area contributed by atoms with Crippen molar-refractivity contribution in [1.29, 1.82) is 0 Å². The summed E-state index contributed by atoms with van der Waals surface area (Å²) in [5, 5.41) is 12.8. The van der Waals surface area contributed by atoms with E-state index in [-0.39, 0.29) is 0 Å². The van der Waals surface area contributed by atoms with E-state index in [1.807, 2.05) is 12.1 Å². The summed E-state index contributed by atoms with van der Waals surface area (Å²) < 4.78 is 0. The van der Waals surface area contributed by atoms with Crippen molar-refractivity contribution in [2.75, 3.05) is 13.1 Å². The van der Waals surface area contributed by atoms with Crippen LogP contribution in [0.25, 0.3) is 0 Å². The lowest BCUT2D eigenvalue weighted by Crippen LogP contribution is -2.36. The predicted molar refractivity (Wildman–Crippen MR) is 81.3 cm³/mol. The number of aromatic hydroxyl groups is 1. The molecule has 1 rings (SSSR count). The van der Waals surface area contributed by atoms with Crippen LogP contribution in [0.3, 0.4) is 0 Å². The number of nitrogens with two attached hydrogens (primary N) is 1. The summed E-state index contributed by atoms with van der Waals surface area (Å²) in [6.45, 7) is 8.40. The van der Waals surface area contributed by atoms with Crippen LogP contribution in [0.5, 0.6) is 5.75 Å². The Morgan fingerprint density at radius 3 is 2.32 bits per heavy atom. The monoisotopic (exact) mass is 264 g/mol. The van der Waals surface area contributed by atoms with Gasteiger partial charge >= 0.3 is 0 Å². The van der Waals surface area contributed by atoms with Gasteiger partial charge in [-0.15, -0.1) is 0 Å². The third-order valence-electron chi connectivity index (χ3n) is 3.78. The molecular formula is C16H28N2O. The second kappa shape index (κ2) is 8.18. The topological polar surface area (TPSA) is 58.3 Å². The van der Waals surface area contributed by atoms with E-state index in [4.69, 9.17) is 5.73 Å². The van der Waals surface area contributed by atoms with Crippen LogP contribution >= 0.6 is 0 Å². The van der Waals surface area contributed by atoms with Gasteiger partial charge in [-0.3, -0.25) is 0 Å².